The molecule has 114 valence electrons. The van der Waals surface area contributed by atoms with Gasteiger partial charge in [0.05, 0.1) is 6.04 Å². The molecule has 1 aromatic rings. The molecule has 0 saturated carbocycles. The van der Waals surface area contributed by atoms with E-state index in [4.69, 9.17) is 5.73 Å². The Hall–Kier alpha value is -1.06. The molecule has 0 aromatic heterocycles. The van der Waals surface area contributed by atoms with Crippen molar-refractivity contribution in [2.75, 3.05) is 6.54 Å². The quantitative estimate of drug-likeness (QED) is 0.877. The van der Waals surface area contributed by atoms with Crippen molar-refractivity contribution >= 4 is 18.3 Å². The van der Waals surface area contributed by atoms with Crippen molar-refractivity contribution in [2.45, 2.75) is 46.1 Å². The monoisotopic (exact) mass is 298 g/mol. The van der Waals surface area contributed by atoms with Gasteiger partial charge in [-0.1, -0.05) is 58.0 Å². The van der Waals surface area contributed by atoms with Crippen LogP contribution in [-0.4, -0.2) is 18.5 Å². The van der Waals surface area contributed by atoms with Crippen LogP contribution in [0.4, 0.5) is 0 Å². The van der Waals surface area contributed by atoms with Crippen molar-refractivity contribution in [2.24, 2.45) is 11.1 Å². The van der Waals surface area contributed by atoms with Crippen LogP contribution >= 0.6 is 12.4 Å². The molecule has 3 N–H and O–H groups in total. The van der Waals surface area contributed by atoms with Gasteiger partial charge in [0.2, 0.25) is 5.91 Å². The maximum atomic E-state index is 12.0. The Morgan fingerprint density at radius 3 is 2.25 bits per heavy atom. The predicted octanol–water partition coefficient (Wildman–Crippen LogP) is 3.09. The molecule has 20 heavy (non-hydrogen) atoms. The molecule has 0 heterocycles. The highest BCUT2D eigenvalue weighted by atomic mass is 35.5. The molecule has 0 aliphatic carbocycles. The van der Waals surface area contributed by atoms with Crippen LogP contribution in [0.25, 0.3) is 0 Å². The minimum absolute atomic E-state index is 0. The third kappa shape index (κ3) is 5.51. The second-order valence-corrected chi connectivity index (χ2v) is 6.10. The lowest BCUT2D eigenvalue weighted by atomic mass is 9.86. The van der Waals surface area contributed by atoms with Gasteiger partial charge in [-0.15, -0.1) is 12.4 Å². The van der Waals surface area contributed by atoms with Crippen molar-refractivity contribution < 1.29 is 4.79 Å². The number of halogens is 1. The van der Waals surface area contributed by atoms with Gasteiger partial charge < -0.3 is 11.1 Å². The second-order valence-electron chi connectivity index (χ2n) is 6.10. The van der Waals surface area contributed by atoms with Crippen LogP contribution in [0.1, 0.15) is 45.6 Å². The van der Waals surface area contributed by atoms with Gasteiger partial charge in [0.1, 0.15) is 0 Å². The van der Waals surface area contributed by atoms with Crippen molar-refractivity contribution in [1.82, 2.24) is 5.32 Å². The second kappa shape index (κ2) is 8.28. The first-order valence-electron chi connectivity index (χ1n) is 6.94. The average molecular weight is 299 g/mol. The smallest absolute Gasteiger partial charge is 0.237 e. The van der Waals surface area contributed by atoms with E-state index in [2.05, 4.69) is 24.4 Å². The van der Waals surface area contributed by atoms with Gasteiger partial charge in [-0.3, -0.25) is 4.79 Å². The molecule has 0 aliphatic rings. The Morgan fingerprint density at radius 1 is 1.25 bits per heavy atom. The summed E-state index contributed by atoms with van der Waals surface area (Å²) in [4.78, 5) is 12.0. The number of benzene rings is 1. The molecule has 1 amide bonds. The van der Waals surface area contributed by atoms with Gasteiger partial charge in [-0.05, 0) is 17.4 Å². The van der Waals surface area contributed by atoms with Gasteiger partial charge in [0, 0.05) is 12.5 Å². The highest BCUT2D eigenvalue weighted by Gasteiger charge is 2.27. The Balaban J connectivity index is 0.00000361. The van der Waals surface area contributed by atoms with Crippen LogP contribution in [-0.2, 0) is 4.79 Å². The summed E-state index contributed by atoms with van der Waals surface area (Å²) in [5, 5.41) is 2.97. The molecule has 0 aliphatic heterocycles. The number of carbonyl (C=O) groups is 1. The molecule has 0 radical (unpaired) electrons. The van der Waals surface area contributed by atoms with Gasteiger partial charge in [0.25, 0.3) is 0 Å². The fourth-order valence-electron chi connectivity index (χ4n) is 1.95. The molecular weight excluding hydrogens is 272 g/mol. The summed E-state index contributed by atoms with van der Waals surface area (Å²) in [7, 11) is 0. The number of nitrogens with two attached hydrogens (primary N) is 1. The first-order chi connectivity index (χ1) is 8.86. The van der Waals surface area contributed by atoms with Gasteiger partial charge in [-0.2, -0.15) is 0 Å². The molecule has 2 atom stereocenters. The minimum Gasteiger partial charge on any atom is -0.354 e. The topological polar surface area (TPSA) is 55.1 Å². The lowest BCUT2D eigenvalue weighted by molar-refractivity contribution is -0.124. The summed E-state index contributed by atoms with van der Waals surface area (Å²) in [6, 6.07) is 9.79. The van der Waals surface area contributed by atoms with Gasteiger partial charge in [0.15, 0.2) is 0 Å². The Morgan fingerprint density at radius 2 is 1.80 bits per heavy atom. The highest BCUT2D eigenvalue weighted by Crippen LogP contribution is 2.20. The summed E-state index contributed by atoms with van der Waals surface area (Å²) in [5.74, 6) is 0.277. The summed E-state index contributed by atoms with van der Waals surface area (Å²) in [6.07, 6.45) is 0.995. The van der Waals surface area contributed by atoms with E-state index in [-0.39, 0.29) is 23.7 Å². The van der Waals surface area contributed by atoms with E-state index in [1.54, 1.807) is 0 Å². The van der Waals surface area contributed by atoms with E-state index in [1.807, 2.05) is 39.0 Å². The van der Waals surface area contributed by atoms with Crippen molar-refractivity contribution in [1.29, 1.82) is 0 Å². The summed E-state index contributed by atoms with van der Waals surface area (Å²) < 4.78 is 0. The lowest BCUT2D eigenvalue weighted by Gasteiger charge is -2.26. The largest absolute Gasteiger partial charge is 0.354 e. The maximum Gasteiger partial charge on any atom is 0.237 e. The molecule has 1 aromatic carbocycles. The number of rotatable bonds is 5. The number of hydrogen-bond donors (Lipinski definition) is 2. The van der Waals surface area contributed by atoms with E-state index < -0.39 is 6.04 Å². The minimum atomic E-state index is -0.472. The van der Waals surface area contributed by atoms with Crippen LogP contribution in [0, 0.1) is 5.41 Å². The van der Waals surface area contributed by atoms with Crippen molar-refractivity contribution in [3.8, 4) is 0 Å². The van der Waals surface area contributed by atoms with E-state index in [0.29, 0.717) is 12.5 Å². The first-order valence-corrected chi connectivity index (χ1v) is 6.94. The maximum absolute atomic E-state index is 12.0. The molecule has 0 bridgehead atoms. The number of hydrogen-bond acceptors (Lipinski definition) is 2. The van der Waals surface area contributed by atoms with E-state index in [9.17, 15) is 4.79 Å². The lowest BCUT2D eigenvalue weighted by Crippen LogP contribution is -2.49. The Bertz CT molecular complexity index is 401. The third-order valence-electron chi connectivity index (χ3n) is 3.50. The zero-order valence-electron chi connectivity index (χ0n) is 12.8. The fraction of sp³-hybridized carbons (Fsp3) is 0.562. The number of carbonyl (C=O) groups excluding carboxylic acids is 1. The van der Waals surface area contributed by atoms with E-state index in [0.717, 1.165) is 6.42 Å². The van der Waals surface area contributed by atoms with Crippen LogP contribution in [0.2, 0.25) is 0 Å². The van der Waals surface area contributed by atoms with Crippen LogP contribution < -0.4 is 11.1 Å². The normalized spacial score (nSPS) is 14.1. The van der Waals surface area contributed by atoms with Crippen LogP contribution in [0.15, 0.2) is 30.3 Å². The van der Waals surface area contributed by atoms with Crippen LogP contribution in [0.3, 0.4) is 0 Å². The molecule has 1 rings (SSSR count). The van der Waals surface area contributed by atoms with Gasteiger partial charge >= 0.3 is 0 Å². The molecular formula is C16H27ClN2O. The summed E-state index contributed by atoms with van der Waals surface area (Å²) in [5.41, 5.74) is 7.00. The van der Waals surface area contributed by atoms with E-state index >= 15 is 0 Å². The molecule has 4 heteroatoms. The molecule has 0 saturated heterocycles. The zero-order chi connectivity index (χ0) is 14.5. The van der Waals surface area contributed by atoms with Crippen LogP contribution in [0.5, 0.6) is 0 Å². The predicted molar refractivity (Wildman–Crippen MR) is 87.2 cm³/mol. The zero-order valence-corrected chi connectivity index (χ0v) is 13.7. The summed E-state index contributed by atoms with van der Waals surface area (Å²) in [6.45, 7) is 8.71. The van der Waals surface area contributed by atoms with Crippen molar-refractivity contribution in [3.05, 3.63) is 35.9 Å². The molecule has 1 unspecified atom stereocenters. The van der Waals surface area contributed by atoms with Gasteiger partial charge in [-0.25, -0.2) is 0 Å². The highest BCUT2D eigenvalue weighted by molar-refractivity contribution is 5.85. The fourth-order valence-corrected chi connectivity index (χ4v) is 1.95. The first kappa shape index (κ1) is 18.9. The third-order valence-corrected chi connectivity index (χ3v) is 3.50. The Labute approximate surface area is 128 Å². The number of amides is 1. The molecule has 0 spiro atoms. The molecule has 3 nitrogen and oxygen atoms in total. The summed E-state index contributed by atoms with van der Waals surface area (Å²) >= 11 is 0. The average Bonchev–Trinajstić information content (AvgIpc) is 2.38. The molecule has 0 fully saturated rings. The number of nitrogens with one attached hydrogen (secondary N) is 1. The SMILES string of the molecule is CCC(CNC(=O)[C@@H](N)C(C)(C)C)c1ccccc1.Cl. The standard InChI is InChI=1S/C16H26N2O.ClH/c1-5-12(13-9-7-6-8-10-13)11-18-15(19)14(17)16(2,3)4;/h6-10,12,14H,5,11,17H2,1-4H3,(H,18,19);1H/t12?,14-;/m1./s1. The Kier molecular flexibility index (Phi) is 7.84. The van der Waals surface area contributed by atoms with E-state index in [1.165, 1.54) is 5.56 Å². The van der Waals surface area contributed by atoms with Crippen molar-refractivity contribution in [3.63, 3.8) is 0 Å².